The highest BCUT2D eigenvalue weighted by atomic mass is 15.4. The smallest absolute Gasteiger partial charge is 0.104 e. The summed E-state index contributed by atoms with van der Waals surface area (Å²) >= 11 is 0. The molecule has 1 aromatic rings. The predicted molar refractivity (Wildman–Crippen MR) is 77.1 cm³/mol. The van der Waals surface area contributed by atoms with Crippen LogP contribution in [0.3, 0.4) is 0 Å². The highest BCUT2D eigenvalue weighted by Gasteiger charge is 2.22. The highest BCUT2D eigenvalue weighted by molar-refractivity contribution is 5.17. The summed E-state index contributed by atoms with van der Waals surface area (Å²) < 4.78 is 0. The molecule has 1 aliphatic rings. The Hall–Kier alpha value is -1.44. The van der Waals surface area contributed by atoms with Crippen molar-refractivity contribution >= 4 is 0 Å². The van der Waals surface area contributed by atoms with Crippen LogP contribution in [0.2, 0.25) is 0 Å². The molecule has 0 saturated carbocycles. The van der Waals surface area contributed by atoms with Gasteiger partial charge in [-0.05, 0) is 12.0 Å². The van der Waals surface area contributed by atoms with E-state index < -0.39 is 0 Å². The second-order valence-corrected chi connectivity index (χ2v) is 5.08. The van der Waals surface area contributed by atoms with Gasteiger partial charge in [0.25, 0.3) is 0 Å². The first-order valence-electron chi connectivity index (χ1n) is 7.01. The van der Waals surface area contributed by atoms with Crippen molar-refractivity contribution in [1.29, 1.82) is 0 Å². The Labute approximate surface area is 111 Å². The van der Waals surface area contributed by atoms with E-state index in [0.717, 1.165) is 6.42 Å². The maximum atomic E-state index is 2.47. The molecule has 0 bridgehead atoms. The first-order chi connectivity index (χ1) is 8.81. The number of hydrogen-bond acceptors (Lipinski definition) is 2. The van der Waals surface area contributed by atoms with Gasteiger partial charge in [-0.3, -0.25) is 0 Å². The molecule has 0 aliphatic carbocycles. The number of likely N-dealkylation sites (N-methyl/N-ethyl adjacent to an activating group) is 1. The number of rotatable bonds is 6. The predicted octanol–water partition coefficient (Wildman–Crippen LogP) is 3.46. The fourth-order valence-electron chi connectivity index (χ4n) is 2.48. The van der Waals surface area contributed by atoms with Crippen LogP contribution in [0.25, 0.3) is 0 Å². The number of unbranched alkanes of at least 4 members (excludes halogenated alkanes) is 2. The molecular formula is C16H24N2. The molecule has 1 aromatic carbocycles. The minimum absolute atomic E-state index is 0.490. The van der Waals surface area contributed by atoms with Crippen molar-refractivity contribution in [3.63, 3.8) is 0 Å². The topological polar surface area (TPSA) is 6.48 Å². The monoisotopic (exact) mass is 244 g/mol. The van der Waals surface area contributed by atoms with Gasteiger partial charge in [-0.2, -0.15) is 0 Å². The molecule has 0 spiro atoms. The lowest BCUT2D eigenvalue weighted by Crippen LogP contribution is -2.38. The quantitative estimate of drug-likeness (QED) is 0.707. The molecule has 0 fully saturated rings. The summed E-state index contributed by atoms with van der Waals surface area (Å²) in [6.45, 7) is 3.43. The van der Waals surface area contributed by atoms with Crippen molar-refractivity contribution in [2.75, 3.05) is 13.6 Å². The molecular weight excluding hydrogens is 220 g/mol. The average Bonchev–Trinajstić information content (AvgIpc) is 2.73. The molecule has 2 nitrogen and oxygen atoms in total. The van der Waals surface area contributed by atoms with Crippen molar-refractivity contribution in [2.24, 2.45) is 0 Å². The molecule has 2 rings (SSSR count). The van der Waals surface area contributed by atoms with Crippen molar-refractivity contribution in [3.05, 3.63) is 48.3 Å². The average molecular weight is 244 g/mol. The van der Waals surface area contributed by atoms with Gasteiger partial charge in [-0.15, -0.1) is 0 Å². The van der Waals surface area contributed by atoms with Crippen LogP contribution in [-0.2, 0) is 6.42 Å². The van der Waals surface area contributed by atoms with Crippen LogP contribution in [0.5, 0.6) is 0 Å². The van der Waals surface area contributed by atoms with E-state index in [4.69, 9.17) is 0 Å². The van der Waals surface area contributed by atoms with Gasteiger partial charge in [-0.1, -0.05) is 50.1 Å². The minimum atomic E-state index is 0.490. The van der Waals surface area contributed by atoms with E-state index in [0.29, 0.717) is 6.17 Å². The van der Waals surface area contributed by atoms with Gasteiger partial charge in [0.1, 0.15) is 6.17 Å². The van der Waals surface area contributed by atoms with Crippen LogP contribution in [0.1, 0.15) is 31.7 Å². The molecule has 98 valence electrons. The highest BCUT2D eigenvalue weighted by Crippen LogP contribution is 2.19. The summed E-state index contributed by atoms with van der Waals surface area (Å²) in [6.07, 6.45) is 9.92. The molecule has 0 aromatic heterocycles. The summed E-state index contributed by atoms with van der Waals surface area (Å²) in [7, 11) is 2.17. The normalized spacial score (nSPS) is 18.7. The van der Waals surface area contributed by atoms with E-state index in [-0.39, 0.29) is 0 Å². The fraction of sp³-hybridized carbons (Fsp3) is 0.500. The second kappa shape index (κ2) is 6.48. The van der Waals surface area contributed by atoms with Gasteiger partial charge < -0.3 is 9.80 Å². The zero-order valence-corrected chi connectivity index (χ0v) is 11.5. The van der Waals surface area contributed by atoms with E-state index in [1.165, 1.54) is 31.4 Å². The van der Waals surface area contributed by atoms with Gasteiger partial charge in [0.2, 0.25) is 0 Å². The maximum absolute atomic E-state index is 2.47. The number of nitrogens with zero attached hydrogens (tertiary/aromatic N) is 2. The molecule has 0 amide bonds. The first kappa shape index (κ1) is 13.0. The fourth-order valence-corrected chi connectivity index (χ4v) is 2.48. The Kier molecular flexibility index (Phi) is 4.68. The molecule has 0 N–H and O–H groups in total. The molecule has 1 unspecified atom stereocenters. The second-order valence-electron chi connectivity index (χ2n) is 5.08. The van der Waals surface area contributed by atoms with Crippen LogP contribution in [-0.4, -0.2) is 29.6 Å². The maximum Gasteiger partial charge on any atom is 0.104 e. The van der Waals surface area contributed by atoms with Crippen molar-refractivity contribution in [3.8, 4) is 0 Å². The standard InChI is InChI=1S/C16H24N2/c1-3-4-8-11-18-13-12-17(2)16(18)14-15-9-6-5-7-10-15/h5-7,9-10,12-13,16H,3-4,8,11,14H2,1-2H3. The van der Waals surface area contributed by atoms with Crippen LogP contribution in [0.4, 0.5) is 0 Å². The van der Waals surface area contributed by atoms with Gasteiger partial charge >= 0.3 is 0 Å². The van der Waals surface area contributed by atoms with E-state index in [2.05, 4.69) is 66.5 Å². The van der Waals surface area contributed by atoms with Crippen LogP contribution in [0.15, 0.2) is 42.7 Å². The van der Waals surface area contributed by atoms with Gasteiger partial charge in [0.05, 0.1) is 0 Å². The molecule has 1 heterocycles. The van der Waals surface area contributed by atoms with Crippen LogP contribution in [0, 0.1) is 0 Å². The number of benzene rings is 1. The van der Waals surface area contributed by atoms with E-state index >= 15 is 0 Å². The van der Waals surface area contributed by atoms with Crippen LogP contribution < -0.4 is 0 Å². The third kappa shape index (κ3) is 3.28. The lowest BCUT2D eigenvalue weighted by Gasteiger charge is -2.30. The zero-order chi connectivity index (χ0) is 12.8. The molecule has 2 heteroatoms. The summed E-state index contributed by atoms with van der Waals surface area (Å²) in [5.74, 6) is 0. The lowest BCUT2D eigenvalue weighted by atomic mass is 10.1. The minimum Gasteiger partial charge on any atom is -0.359 e. The van der Waals surface area contributed by atoms with Crippen molar-refractivity contribution in [1.82, 2.24) is 9.80 Å². The molecule has 0 saturated heterocycles. The van der Waals surface area contributed by atoms with Gasteiger partial charge in [-0.25, -0.2) is 0 Å². The zero-order valence-electron chi connectivity index (χ0n) is 11.5. The van der Waals surface area contributed by atoms with Crippen molar-refractivity contribution < 1.29 is 0 Å². The summed E-state index contributed by atoms with van der Waals surface area (Å²) in [5.41, 5.74) is 1.42. The van der Waals surface area contributed by atoms with Crippen LogP contribution >= 0.6 is 0 Å². The SMILES string of the molecule is CCCCCN1C=CN(C)C1Cc1ccccc1. The molecule has 18 heavy (non-hydrogen) atoms. The summed E-state index contributed by atoms with van der Waals surface area (Å²) in [4.78, 5) is 4.79. The number of hydrogen-bond donors (Lipinski definition) is 0. The third-order valence-electron chi connectivity index (χ3n) is 3.63. The van der Waals surface area contributed by atoms with E-state index in [1.807, 2.05) is 0 Å². The Morgan fingerprint density at radius 3 is 2.56 bits per heavy atom. The Bertz CT molecular complexity index is 372. The van der Waals surface area contributed by atoms with Gasteiger partial charge in [0, 0.05) is 32.4 Å². The van der Waals surface area contributed by atoms with E-state index in [9.17, 15) is 0 Å². The summed E-state index contributed by atoms with van der Waals surface area (Å²) in [6, 6.07) is 10.8. The summed E-state index contributed by atoms with van der Waals surface area (Å²) in [5, 5.41) is 0. The molecule has 1 aliphatic heterocycles. The Morgan fingerprint density at radius 1 is 1.06 bits per heavy atom. The van der Waals surface area contributed by atoms with Crippen molar-refractivity contribution in [2.45, 2.75) is 38.8 Å². The third-order valence-corrected chi connectivity index (χ3v) is 3.63. The Balaban J connectivity index is 1.92. The first-order valence-corrected chi connectivity index (χ1v) is 7.01. The molecule has 0 radical (unpaired) electrons. The lowest BCUT2D eigenvalue weighted by molar-refractivity contribution is 0.173. The largest absolute Gasteiger partial charge is 0.359 e. The van der Waals surface area contributed by atoms with E-state index in [1.54, 1.807) is 0 Å². The Morgan fingerprint density at radius 2 is 1.83 bits per heavy atom. The molecule has 1 atom stereocenters. The van der Waals surface area contributed by atoms with Gasteiger partial charge in [0.15, 0.2) is 0 Å².